The van der Waals surface area contributed by atoms with Gasteiger partial charge in [0.25, 0.3) is 0 Å². The van der Waals surface area contributed by atoms with Gasteiger partial charge in [-0.1, -0.05) is 0 Å². The molecule has 1 aliphatic carbocycles. The molecule has 126 valence electrons. The smallest absolute Gasteiger partial charge is 0.149 e. The van der Waals surface area contributed by atoms with E-state index in [1.807, 2.05) is 6.20 Å². The monoisotopic (exact) mass is 316 g/mol. The minimum Gasteiger partial charge on any atom is -0.382 e. The van der Waals surface area contributed by atoms with E-state index in [9.17, 15) is 0 Å². The van der Waals surface area contributed by atoms with Crippen LogP contribution in [0.2, 0.25) is 0 Å². The number of aliphatic imine (C=N–C) groups is 1. The summed E-state index contributed by atoms with van der Waals surface area (Å²) in [5, 5.41) is 3.41. The molecule has 2 heterocycles. The number of nitrogens with two attached hydrogens (primary N) is 1. The largest absolute Gasteiger partial charge is 0.382 e. The van der Waals surface area contributed by atoms with Crippen molar-refractivity contribution in [2.24, 2.45) is 10.9 Å². The second-order valence-corrected chi connectivity index (χ2v) is 6.71. The maximum Gasteiger partial charge on any atom is 0.149 e. The van der Waals surface area contributed by atoms with Crippen molar-refractivity contribution in [3.8, 4) is 0 Å². The van der Waals surface area contributed by atoms with Gasteiger partial charge in [0.2, 0.25) is 0 Å². The van der Waals surface area contributed by atoms with Gasteiger partial charge >= 0.3 is 0 Å². The van der Waals surface area contributed by atoms with Crippen LogP contribution in [0.3, 0.4) is 0 Å². The molecule has 0 bridgehead atoms. The molecule has 1 aromatic rings. The Hall–Kier alpha value is -1.46. The molecule has 2 fully saturated rings. The van der Waals surface area contributed by atoms with Crippen molar-refractivity contribution >= 4 is 17.7 Å². The highest BCUT2D eigenvalue weighted by atomic mass is 16.5. The third kappa shape index (κ3) is 4.09. The number of nitrogen functional groups attached to an aromatic ring is 1. The highest BCUT2D eigenvalue weighted by molar-refractivity contribution is 5.73. The summed E-state index contributed by atoms with van der Waals surface area (Å²) < 4.78 is 5.44. The molecule has 2 aliphatic rings. The van der Waals surface area contributed by atoms with Crippen LogP contribution in [0.5, 0.6) is 0 Å². The van der Waals surface area contributed by atoms with Crippen LogP contribution in [0.4, 0.5) is 11.5 Å². The highest BCUT2D eigenvalue weighted by Gasteiger charge is 2.21. The third-order valence-electron chi connectivity index (χ3n) is 5.23. The molecule has 0 aromatic carbocycles. The lowest BCUT2D eigenvalue weighted by atomic mass is 9.88. The lowest BCUT2D eigenvalue weighted by Crippen LogP contribution is -2.26. The first-order chi connectivity index (χ1) is 11.3. The second kappa shape index (κ2) is 7.88. The van der Waals surface area contributed by atoms with Gasteiger partial charge < -0.3 is 15.8 Å². The molecule has 0 atom stereocenters. The quantitative estimate of drug-likeness (QED) is 0.838. The summed E-state index contributed by atoms with van der Waals surface area (Å²) in [4.78, 5) is 9.03. The molecule has 5 heteroatoms. The van der Waals surface area contributed by atoms with E-state index < -0.39 is 0 Å². The van der Waals surface area contributed by atoms with Crippen LogP contribution >= 0.6 is 0 Å². The number of rotatable bonds is 4. The number of ether oxygens (including phenoxy) is 1. The fraction of sp³-hybridized carbons (Fsp3) is 0.667. The van der Waals surface area contributed by atoms with Crippen LogP contribution in [-0.2, 0) is 4.74 Å². The molecule has 1 saturated heterocycles. The van der Waals surface area contributed by atoms with E-state index in [2.05, 4.69) is 22.6 Å². The predicted octanol–water partition coefficient (Wildman–Crippen LogP) is 3.04. The molecule has 3 N–H and O–H groups in total. The summed E-state index contributed by atoms with van der Waals surface area (Å²) in [6.45, 7) is 2.13. The van der Waals surface area contributed by atoms with Gasteiger partial charge in [-0.05, 0) is 75.1 Å². The SMILES string of the molecule is COC1CCC(C=Nc2c(C3CCNCC3)ccnc2N)CC1. The third-order valence-corrected chi connectivity index (χ3v) is 5.23. The highest BCUT2D eigenvalue weighted by Crippen LogP contribution is 2.36. The first-order valence-electron chi connectivity index (χ1n) is 8.80. The van der Waals surface area contributed by atoms with Crippen LogP contribution in [0.15, 0.2) is 17.3 Å². The number of anilines is 1. The number of hydrogen-bond donors (Lipinski definition) is 2. The Kier molecular flexibility index (Phi) is 5.62. The van der Waals surface area contributed by atoms with Crippen LogP contribution in [0.1, 0.15) is 50.0 Å². The number of pyridine rings is 1. The molecule has 0 spiro atoms. The molecule has 5 nitrogen and oxygen atoms in total. The fourth-order valence-electron chi connectivity index (χ4n) is 3.74. The summed E-state index contributed by atoms with van der Waals surface area (Å²) in [5.41, 5.74) is 8.29. The predicted molar refractivity (Wildman–Crippen MR) is 94.4 cm³/mol. The Morgan fingerprint density at radius 3 is 2.65 bits per heavy atom. The average Bonchev–Trinajstić information content (AvgIpc) is 2.62. The lowest BCUT2D eigenvalue weighted by Gasteiger charge is -2.26. The molecular formula is C18H28N4O. The van der Waals surface area contributed by atoms with Gasteiger partial charge in [0.1, 0.15) is 11.5 Å². The number of methoxy groups -OCH3 is 1. The van der Waals surface area contributed by atoms with Crippen LogP contribution in [-0.4, -0.2) is 37.5 Å². The zero-order chi connectivity index (χ0) is 16.1. The number of nitrogens with zero attached hydrogens (tertiary/aromatic N) is 2. The molecule has 1 aliphatic heterocycles. The normalized spacial score (nSPS) is 26.7. The van der Waals surface area contributed by atoms with Crippen LogP contribution < -0.4 is 11.1 Å². The van der Waals surface area contributed by atoms with E-state index in [1.54, 1.807) is 7.11 Å². The number of nitrogens with one attached hydrogen (secondary N) is 1. The van der Waals surface area contributed by atoms with Crippen LogP contribution in [0.25, 0.3) is 0 Å². The van der Waals surface area contributed by atoms with Crippen molar-refractivity contribution in [3.63, 3.8) is 0 Å². The summed E-state index contributed by atoms with van der Waals surface area (Å²) in [5.74, 6) is 1.63. The van der Waals surface area contributed by atoms with E-state index in [-0.39, 0.29) is 0 Å². The standard InChI is InChI=1S/C18H28N4O/c1-23-15-4-2-13(3-5-15)12-22-17-16(8-11-21-18(17)19)14-6-9-20-10-7-14/h8,11-15,20H,2-7,9-10H2,1H3,(H2,19,21). The average molecular weight is 316 g/mol. The fourth-order valence-corrected chi connectivity index (χ4v) is 3.74. The number of aromatic nitrogens is 1. The van der Waals surface area contributed by atoms with Crippen molar-refractivity contribution in [1.29, 1.82) is 0 Å². The Labute approximate surface area is 138 Å². The summed E-state index contributed by atoms with van der Waals surface area (Å²) >= 11 is 0. The Balaban J connectivity index is 1.72. The summed E-state index contributed by atoms with van der Waals surface area (Å²) in [6, 6.07) is 2.10. The van der Waals surface area contributed by atoms with Crippen molar-refractivity contribution in [2.75, 3.05) is 25.9 Å². The van der Waals surface area contributed by atoms with Crippen LogP contribution in [0, 0.1) is 5.92 Å². The Morgan fingerprint density at radius 1 is 1.22 bits per heavy atom. The Bertz CT molecular complexity index is 532. The second-order valence-electron chi connectivity index (χ2n) is 6.71. The topological polar surface area (TPSA) is 72.5 Å². The van der Waals surface area contributed by atoms with Gasteiger partial charge in [-0.2, -0.15) is 0 Å². The molecular weight excluding hydrogens is 288 g/mol. The van der Waals surface area contributed by atoms with Crippen molar-refractivity contribution in [2.45, 2.75) is 50.5 Å². The van der Waals surface area contributed by atoms with Crippen molar-refractivity contribution in [3.05, 3.63) is 17.8 Å². The first kappa shape index (κ1) is 16.4. The molecule has 1 aromatic heterocycles. The molecule has 23 heavy (non-hydrogen) atoms. The minimum atomic E-state index is 0.424. The van der Waals surface area contributed by atoms with E-state index in [4.69, 9.17) is 15.5 Å². The van der Waals surface area contributed by atoms with Gasteiger partial charge in [0.15, 0.2) is 0 Å². The van der Waals surface area contributed by atoms with Gasteiger partial charge in [0, 0.05) is 19.5 Å². The maximum atomic E-state index is 6.13. The maximum absolute atomic E-state index is 6.13. The molecule has 3 rings (SSSR count). The van der Waals surface area contributed by atoms with Crippen molar-refractivity contribution < 1.29 is 4.74 Å². The van der Waals surface area contributed by atoms with Gasteiger partial charge in [-0.15, -0.1) is 0 Å². The number of hydrogen-bond acceptors (Lipinski definition) is 5. The van der Waals surface area contributed by atoms with Gasteiger partial charge in [-0.25, -0.2) is 4.98 Å². The first-order valence-corrected chi connectivity index (χ1v) is 8.80. The van der Waals surface area contributed by atoms with E-state index >= 15 is 0 Å². The molecule has 0 unspecified atom stereocenters. The molecule has 1 saturated carbocycles. The van der Waals surface area contributed by atoms with Gasteiger partial charge in [0.05, 0.1) is 6.10 Å². The minimum absolute atomic E-state index is 0.424. The zero-order valence-corrected chi connectivity index (χ0v) is 14.0. The summed E-state index contributed by atoms with van der Waals surface area (Å²) in [6.07, 6.45) is 11.2. The summed E-state index contributed by atoms with van der Waals surface area (Å²) in [7, 11) is 1.81. The van der Waals surface area contributed by atoms with E-state index in [1.165, 1.54) is 5.56 Å². The van der Waals surface area contributed by atoms with E-state index in [0.29, 0.717) is 23.8 Å². The van der Waals surface area contributed by atoms with Crippen molar-refractivity contribution in [1.82, 2.24) is 10.3 Å². The van der Waals surface area contributed by atoms with E-state index in [0.717, 1.165) is 57.3 Å². The number of piperidine rings is 1. The lowest BCUT2D eigenvalue weighted by molar-refractivity contribution is 0.0651. The zero-order valence-electron chi connectivity index (χ0n) is 14.0. The molecule has 0 amide bonds. The Morgan fingerprint density at radius 2 is 1.96 bits per heavy atom. The van der Waals surface area contributed by atoms with Gasteiger partial charge in [-0.3, -0.25) is 4.99 Å². The molecule has 0 radical (unpaired) electrons.